The van der Waals surface area contributed by atoms with Crippen molar-refractivity contribution in [3.05, 3.63) is 35.0 Å². The van der Waals surface area contributed by atoms with E-state index in [9.17, 15) is 0 Å². The van der Waals surface area contributed by atoms with Crippen LogP contribution in [0.2, 0.25) is 5.02 Å². The maximum Gasteiger partial charge on any atom is 0.135 e. The Morgan fingerprint density at radius 3 is 2.85 bits per heavy atom. The van der Waals surface area contributed by atoms with Gasteiger partial charge in [0.25, 0.3) is 0 Å². The first-order chi connectivity index (χ1) is 9.47. The van der Waals surface area contributed by atoms with Crippen LogP contribution in [-0.2, 0) is 4.74 Å². The lowest BCUT2D eigenvalue weighted by Crippen LogP contribution is -2.50. The van der Waals surface area contributed by atoms with Gasteiger partial charge in [-0.1, -0.05) is 11.6 Å². The molecular weight excluding hydrogens is 272 g/mol. The van der Waals surface area contributed by atoms with Gasteiger partial charge in [-0.05, 0) is 51.5 Å². The van der Waals surface area contributed by atoms with Crippen LogP contribution in [0.5, 0.6) is 0 Å². The molecule has 20 heavy (non-hydrogen) atoms. The maximum atomic E-state index is 6.35. The summed E-state index contributed by atoms with van der Waals surface area (Å²) in [7, 11) is 0. The summed E-state index contributed by atoms with van der Waals surface area (Å²) in [6.45, 7) is 7.98. The van der Waals surface area contributed by atoms with Crippen LogP contribution in [-0.4, -0.2) is 23.9 Å². The molecule has 1 aliphatic rings. The van der Waals surface area contributed by atoms with E-state index in [0.717, 1.165) is 46.9 Å². The molecule has 2 aromatic rings. The molecule has 3 nitrogen and oxygen atoms in total. The van der Waals surface area contributed by atoms with E-state index in [-0.39, 0.29) is 5.72 Å². The second-order valence-corrected chi connectivity index (χ2v) is 6.15. The second kappa shape index (κ2) is 4.90. The third kappa shape index (κ3) is 2.36. The number of pyridine rings is 1. The van der Waals surface area contributed by atoms with Gasteiger partial charge in [-0.3, -0.25) is 4.98 Å². The van der Waals surface area contributed by atoms with E-state index in [2.05, 4.69) is 35.9 Å². The van der Waals surface area contributed by atoms with Crippen molar-refractivity contribution in [2.75, 3.05) is 18.1 Å². The van der Waals surface area contributed by atoms with Crippen molar-refractivity contribution in [1.29, 1.82) is 0 Å². The van der Waals surface area contributed by atoms with Crippen LogP contribution < -0.4 is 4.90 Å². The van der Waals surface area contributed by atoms with E-state index in [1.54, 1.807) is 0 Å². The number of nitrogens with zero attached hydrogens (tertiary/aromatic N) is 2. The first-order valence-electron chi connectivity index (χ1n) is 6.96. The number of aryl methyl sites for hydroxylation is 1. The molecule has 0 spiro atoms. The monoisotopic (exact) mass is 290 g/mol. The zero-order valence-electron chi connectivity index (χ0n) is 12.1. The molecule has 1 aromatic carbocycles. The van der Waals surface area contributed by atoms with Gasteiger partial charge in [-0.25, -0.2) is 0 Å². The average Bonchev–Trinajstić information content (AvgIpc) is 2.38. The van der Waals surface area contributed by atoms with E-state index in [1.807, 2.05) is 19.1 Å². The number of benzene rings is 1. The maximum absolute atomic E-state index is 6.35. The zero-order valence-corrected chi connectivity index (χ0v) is 12.9. The van der Waals surface area contributed by atoms with Crippen molar-refractivity contribution in [2.24, 2.45) is 0 Å². The SMILES string of the molecule is Cc1cc(Cl)c2cc(N3CCCOC3(C)C)ccc2n1. The number of aromatic nitrogens is 1. The molecule has 106 valence electrons. The predicted molar refractivity (Wildman–Crippen MR) is 83.5 cm³/mol. The molecule has 0 N–H and O–H groups in total. The molecular formula is C16H19ClN2O. The summed E-state index contributed by atoms with van der Waals surface area (Å²) in [6.07, 6.45) is 1.04. The van der Waals surface area contributed by atoms with Gasteiger partial charge < -0.3 is 9.64 Å². The van der Waals surface area contributed by atoms with Gasteiger partial charge in [-0.2, -0.15) is 0 Å². The van der Waals surface area contributed by atoms with Crippen molar-refractivity contribution in [2.45, 2.75) is 32.9 Å². The Labute approximate surface area is 124 Å². The van der Waals surface area contributed by atoms with Gasteiger partial charge in [0, 0.05) is 23.3 Å². The van der Waals surface area contributed by atoms with Crippen LogP contribution >= 0.6 is 11.6 Å². The van der Waals surface area contributed by atoms with Crippen molar-refractivity contribution in [3.63, 3.8) is 0 Å². The third-order valence-electron chi connectivity index (χ3n) is 3.81. The highest BCUT2D eigenvalue weighted by molar-refractivity contribution is 6.35. The Hall–Kier alpha value is -1.32. The smallest absolute Gasteiger partial charge is 0.135 e. The highest BCUT2D eigenvalue weighted by atomic mass is 35.5. The normalized spacial score (nSPS) is 18.5. The van der Waals surface area contributed by atoms with E-state index in [0.29, 0.717) is 0 Å². The van der Waals surface area contributed by atoms with Gasteiger partial charge in [0.1, 0.15) is 5.72 Å². The summed E-state index contributed by atoms with van der Waals surface area (Å²) in [5.41, 5.74) is 2.73. The van der Waals surface area contributed by atoms with Crippen LogP contribution in [0.25, 0.3) is 10.9 Å². The van der Waals surface area contributed by atoms with Crippen molar-refractivity contribution >= 4 is 28.2 Å². The van der Waals surface area contributed by atoms with E-state index in [1.165, 1.54) is 0 Å². The highest BCUT2D eigenvalue weighted by Crippen LogP contribution is 2.32. The Balaban J connectivity index is 2.09. The molecule has 0 radical (unpaired) electrons. The van der Waals surface area contributed by atoms with Crippen LogP contribution in [0.4, 0.5) is 5.69 Å². The van der Waals surface area contributed by atoms with Crippen LogP contribution in [0.1, 0.15) is 26.0 Å². The van der Waals surface area contributed by atoms with Crippen molar-refractivity contribution in [1.82, 2.24) is 4.98 Å². The lowest BCUT2D eigenvalue weighted by molar-refractivity contribution is -0.0418. The second-order valence-electron chi connectivity index (χ2n) is 5.75. The number of ether oxygens (including phenoxy) is 1. The number of halogens is 1. The first kappa shape index (κ1) is 13.7. The van der Waals surface area contributed by atoms with Crippen LogP contribution in [0, 0.1) is 6.92 Å². The number of hydrogen-bond acceptors (Lipinski definition) is 3. The molecule has 0 amide bonds. The number of hydrogen-bond donors (Lipinski definition) is 0. The van der Waals surface area contributed by atoms with Gasteiger partial charge in [0.15, 0.2) is 0 Å². The highest BCUT2D eigenvalue weighted by Gasteiger charge is 2.30. The Bertz CT molecular complexity index is 654. The standard InChI is InChI=1S/C16H19ClN2O/c1-11-9-14(17)13-10-12(5-6-15(13)18-11)19-7-4-8-20-16(19,2)3/h5-6,9-10H,4,7-8H2,1-3H3. The summed E-state index contributed by atoms with van der Waals surface area (Å²) in [6, 6.07) is 8.15. The molecule has 1 aromatic heterocycles. The molecule has 0 unspecified atom stereocenters. The van der Waals surface area contributed by atoms with E-state index >= 15 is 0 Å². The Morgan fingerprint density at radius 2 is 2.10 bits per heavy atom. The summed E-state index contributed by atoms with van der Waals surface area (Å²) in [5.74, 6) is 0. The Kier molecular flexibility index (Phi) is 3.35. The summed E-state index contributed by atoms with van der Waals surface area (Å²) in [5, 5.41) is 1.75. The zero-order chi connectivity index (χ0) is 14.3. The van der Waals surface area contributed by atoms with Gasteiger partial charge in [0.2, 0.25) is 0 Å². The third-order valence-corrected chi connectivity index (χ3v) is 4.13. The summed E-state index contributed by atoms with van der Waals surface area (Å²) < 4.78 is 5.87. The minimum Gasteiger partial charge on any atom is -0.356 e. The molecule has 0 bridgehead atoms. The largest absolute Gasteiger partial charge is 0.356 e. The van der Waals surface area contributed by atoms with E-state index in [4.69, 9.17) is 16.3 Å². The molecule has 2 heterocycles. The summed E-state index contributed by atoms with van der Waals surface area (Å²) >= 11 is 6.35. The minimum atomic E-state index is -0.281. The molecule has 3 rings (SSSR count). The number of fused-ring (bicyclic) bond motifs is 1. The molecule has 0 aliphatic carbocycles. The minimum absolute atomic E-state index is 0.281. The van der Waals surface area contributed by atoms with E-state index < -0.39 is 0 Å². The fourth-order valence-corrected chi connectivity index (χ4v) is 3.11. The van der Waals surface area contributed by atoms with Gasteiger partial charge in [0.05, 0.1) is 17.1 Å². The van der Waals surface area contributed by atoms with Crippen molar-refractivity contribution < 1.29 is 4.74 Å². The molecule has 1 fully saturated rings. The molecule has 4 heteroatoms. The first-order valence-corrected chi connectivity index (χ1v) is 7.34. The number of rotatable bonds is 1. The molecule has 1 aliphatic heterocycles. The molecule has 1 saturated heterocycles. The topological polar surface area (TPSA) is 25.4 Å². The van der Waals surface area contributed by atoms with Crippen LogP contribution in [0.3, 0.4) is 0 Å². The lowest BCUT2D eigenvalue weighted by atomic mass is 10.1. The van der Waals surface area contributed by atoms with Gasteiger partial charge in [-0.15, -0.1) is 0 Å². The average molecular weight is 291 g/mol. The fourth-order valence-electron chi connectivity index (χ4n) is 2.80. The summed E-state index contributed by atoms with van der Waals surface area (Å²) in [4.78, 5) is 6.81. The predicted octanol–water partition coefficient (Wildman–Crippen LogP) is 4.16. The van der Waals surface area contributed by atoms with Crippen LogP contribution in [0.15, 0.2) is 24.3 Å². The molecule has 0 saturated carbocycles. The lowest BCUT2D eigenvalue weighted by Gasteiger charge is -2.43. The van der Waals surface area contributed by atoms with Crippen molar-refractivity contribution in [3.8, 4) is 0 Å². The molecule has 0 atom stereocenters. The quantitative estimate of drug-likeness (QED) is 0.788. The number of anilines is 1. The Morgan fingerprint density at radius 1 is 1.30 bits per heavy atom. The van der Waals surface area contributed by atoms with Gasteiger partial charge >= 0.3 is 0 Å². The fraction of sp³-hybridized carbons (Fsp3) is 0.438.